The molecule has 2 rings (SSSR count). The van der Waals surface area contributed by atoms with Crippen molar-refractivity contribution in [3.63, 3.8) is 0 Å². The lowest BCUT2D eigenvalue weighted by Crippen LogP contribution is -2.15. The molecule has 0 spiro atoms. The van der Waals surface area contributed by atoms with E-state index in [0.29, 0.717) is 17.1 Å². The van der Waals surface area contributed by atoms with Crippen LogP contribution in [0, 0.1) is 0 Å². The van der Waals surface area contributed by atoms with Gasteiger partial charge in [0.05, 0.1) is 17.1 Å². The second kappa shape index (κ2) is 5.65. The maximum atomic E-state index is 11.6. The summed E-state index contributed by atoms with van der Waals surface area (Å²) in [4.78, 5) is 15.6. The molecule has 88 valence electrons. The third-order valence-electron chi connectivity index (χ3n) is 1.90. The van der Waals surface area contributed by atoms with E-state index in [1.807, 2.05) is 12.1 Å². The standard InChI is InChI=1S/C10H10N4OS2/c11-7-3-1-2-4-8(7)14-9(15)5-16-10-12-6-13-17-10/h1-4,6H,5,11H2,(H,14,15). The first-order valence-electron chi connectivity index (χ1n) is 4.79. The lowest BCUT2D eigenvalue weighted by Gasteiger charge is -2.06. The minimum absolute atomic E-state index is 0.108. The van der Waals surface area contributed by atoms with Crippen molar-refractivity contribution in [3.05, 3.63) is 30.6 Å². The number of hydrogen-bond acceptors (Lipinski definition) is 6. The molecule has 0 saturated heterocycles. The molecule has 1 aromatic heterocycles. The zero-order chi connectivity index (χ0) is 12.1. The third kappa shape index (κ3) is 3.43. The van der Waals surface area contributed by atoms with E-state index < -0.39 is 0 Å². The summed E-state index contributed by atoms with van der Waals surface area (Å²) < 4.78 is 4.64. The molecule has 1 heterocycles. The monoisotopic (exact) mass is 266 g/mol. The van der Waals surface area contributed by atoms with Crippen LogP contribution in [0.2, 0.25) is 0 Å². The van der Waals surface area contributed by atoms with Gasteiger partial charge in [0.2, 0.25) is 5.91 Å². The number of benzene rings is 1. The van der Waals surface area contributed by atoms with E-state index in [4.69, 9.17) is 5.73 Å². The number of carbonyl (C=O) groups is 1. The van der Waals surface area contributed by atoms with Crippen LogP contribution in [0.5, 0.6) is 0 Å². The molecule has 0 aliphatic heterocycles. The fourth-order valence-electron chi connectivity index (χ4n) is 1.15. The van der Waals surface area contributed by atoms with Gasteiger partial charge in [0.1, 0.15) is 6.33 Å². The zero-order valence-corrected chi connectivity index (χ0v) is 10.4. The Balaban J connectivity index is 1.87. The Morgan fingerprint density at radius 2 is 2.29 bits per heavy atom. The van der Waals surface area contributed by atoms with Crippen LogP contribution in [0.15, 0.2) is 34.9 Å². The predicted molar refractivity (Wildman–Crippen MR) is 70.1 cm³/mol. The van der Waals surface area contributed by atoms with Gasteiger partial charge in [0.15, 0.2) is 4.34 Å². The van der Waals surface area contributed by atoms with Gasteiger partial charge in [-0.15, -0.1) is 0 Å². The molecular formula is C10H10N4OS2. The van der Waals surface area contributed by atoms with Crippen molar-refractivity contribution in [2.24, 2.45) is 0 Å². The van der Waals surface area contributed by atoms with E-state index in [1.54, 1.807) is 12.1 Å². The Hall–Kier alpha value is -1.60. The van der Waals surface area contributed by atoms with Crippen molar-refractivity contribution < 1.29 is 4.79 Å². The highest BCUT2D eigenvalue weighted by Crippen LogP contribution is 2.20. The summed E-state index contributed by atoms with van der Waals surface area (Å²) in [6.07, 6.45) is 1.47. The molecule has 0 saturated carbocycles. The average Bonchev–Trinajstić information content (AvgIpc) is 2.82. The molecule has 0 radical (unpaired) electrons. The summed E-state index contributed by atoms with van der Waals surface area (Å²) >= 11 is 2.62. The molecule has 5 nitrogen and oxygen atoms in total. The fourth-order valence-corrected chi connectivity index (χ4v) is 2.39. The van der Waals surface area contributed by atoms with E-state index >= 15 is 0 Å². The largest absolute Gasteiger partial charge is 0.397 e. The van der Waals surface area contributed by atoms with E-state index in [9.17, 15) is 4.79 Å². The van der Waals surface area contributed by atoms with Crippen molar-refractivity contribution in [3.8, 4) is 0 Å². The van der Waals surface area contributed by atoms with E-state index in [0.717, 1.165) is 4.34 Å². The summed E-state index contributed by atoms with van der Waals surface area (Å²) in [5, 5.41) is 2.74. The van der Waals surface area contributed by atoms with Crippen LogP contribution in [0.4, 0.5) is 11.4 Å². The van der Waals surface area contributed by atoms with Gasteiger partial charge in [-0.05, 0) is 23.7 Å². The Kier molecular flexibility index (Phi) is 3.94. The van der Waals surface area contributed by atoms with Crippen molar-refractivity contribution in [2.45, 2.75) is 4.34 Å². The van der Waals surface area contributed by atoms with Gasteiger partial charge in [0.25, 0.3) is 0 Å². The quantitative estimate of drug-likeness (QED) is 0.652. The molecule has 0 aliphatic carbocycles. The Morgan fingerprint density at radius 3 is 3.00 bits per heavy atom. The van der Waals surface area contributed by atoms with Gasteiger partial charge in [-0.2, -0.15) is 4.37 Å². The highest BCUT2D eigenvalue weighted by atomic mass is 32.2. The molecule has 0 fully saturated rings. The summed E-state index contributed by atoms with van der Waals surface area (Å²) in [7, 11) is 0. The van der Waals surface area contributed by atoms with Gasteiger partial charge < -0.3 is 11.1 Å². The van der Waals surface area contributed by atoms with Crippen molar-refractivity contribution >= 4 is 40.6 Å². The molecular weight excluding hydrogens is 256 g/mol. The topological polar surface area (TPSA) is 80.9 Å². The zero-order valence-electron chi connectivity index (χ0n) is 8.79. The lowest BCUT2D eigenvalue weighted by molar-refractivity contribution is -0.113. The molecule has 0 bridgehead atoms. The molecule has 1 amide bonds. The number of aromatic nitrogens is 2. The van der Waals surface area contributed by atoms with Gasteiger partial charge in [0, 0.05) is 0 Å². The Morgan fingerprint density at radius 1 is 1.47 bits per heavy atom. The maximum Gasteiger partial charge on any atom is 0.234 e. The van der Waals surface area contributed by atoms with Gasteiger partial charge in [-0.3, -0.25) is 4.79 Å². The second-order valence-corrected chi connectivity index (χ2v) is 5.13. The van der Waals surface area contributed by atoms with Crippen molar-refractivity contribution in [1.82, 2.24) is 9.36 Å². The molecule has 7 heteroatoms. The van der Waals surface area contributed by atoms with Gasteiger partial charge in [-0.25, -0.2) is 4.98 Å². The number of hydrogen-bond donors (Lipinski definition) is 2. The van der Waals surface area contributed by atoms with Crippen LogP contribution in [-0.4, -0.2) is 21.0 Å². The minimum atomic E-state index is -0.108. The average molecular weight is 266 g/mol. The molecule has 0 unspecified atom stereocenters. The number of anilines is 2. The smallest absolute Gasteiger partial charge is 0.234 e. The number of amides is 1. The molecule has 0 atom stereocenters. The summed E-state index contributed by atoms with van der Waals surface area (Å²) in [5.74, 6) is 0.187. The van der Waals surface area contributed by atoms with Crippen molar-refractivity contribution in [2.75, 3.05) is 16.8 Å². The summed E-state index contributed by atoms with van der Waals surface area (Å²) in [6.45, 7) is 0. The second-order valence-electron chi connectivity index (χ2n) is 3.13. The predicted octanol–water partition coefficient (Wildman–Crippen LogP) is 1.85. The molecule has 1 aromatic carbocycles. The first kappa shape index (κ1) is 11.9. The Labute approximate surface area is 107 Å². The highest BCUT2D eigenvalue weighted by molar-refractivity contribution is 8.01. The fraction of sp³-hybridized carbons (Fsp3) is 0.100. The van der Waals surface area contributed by atoms with Crippen molar-refractivity contribution in [1.29, 1.82) is 0 Å². The highest BCUT2D eigenvalue weighted by Gasteiger charge is 2.06. The van der Waals surface area contributed by atoms with Crippen LogP contribution in [0.1, 0.15) is 0 Å². The van der Waals surface area contributed by atoms with E-state index in [1.165, 1.54) is 29.6 Å². The lowest BCUT2D eigenvalue weighted by atomic mass is 10.3. The summed E-state index contributed by atoms with van der Waals surface area (Å²) in [6, 6.07) is 7.15. The molecule has 0 aliphatic rings. The number of nitrogens with one attached hydrogen (secondary N) is 1. The number of nitrogens with zero attached hydrogens (tertiary/aromatic N) is 2. The number of nitrogen functional groups attached to an aromatic ring is 1. The number of nitrogens with two attached hydrogens (primary N) is 1. The van der Waals surface area contributed by atoms with Crippen LogP contribution in [0.25, 0.3) is 0 Å². The summed E-state index contributed by atoms with van der Waals surface area (Å²) in [5.41, 5.74) is 6.91. The van der Waals surface area contributed by atoms with Crippen LogP contribution in [0.3, 0.4) is 0 Å². The Bertz CT molecular complexity index is 501. The number of rotatable bonds is 4. The minimum Gasteiger partial charge on any atom is -0.397 e. The number of carbonyl (C=O) groups excluding carboxylic acids is 1. The van der Waals surface area contributed by atoms with Gasteiger partial charge in [-0.1, -0.05) is 23.9 Å². The van der Waals surface area contributed by atoms with Crippen LogP contribution >= 0.6 is 23.3 Å². The maximum absolute atomic E-state index is 11.6. The first-order chi connectivity index (χ1) is 8.25. The number of thioether (sulfide) groups is 1. The SMILES string of the molecule is Nc1ccccc1NC(=O)CSc1ncns1. The van der Waals surface area contributed by atoms with Gasteiger partial charge >= 0.3 is 0 Å². The van der Waals surface area contributed by atoms with Crippen LogP contribution in [-0.2, 0) is 4.79 Å². The molecule has 2 aromatic rings. The normalized spacial score (nSPS) is 10.1. The van der Waals surface area contributed by atoms with E-state index in [-0.39, 0.29) is 5.91 Å². The van der Waals surface area contributed by atoms with Crippen LogP contribution < -0.4 is 11.1 Å². The molecule has 17 heavy (non-hydrogen) atoms. The third-order valence-corrected chi connectivity index (χ3v) is 3.70. The number of para-hydroxylation sites is 2. The first-order valence-corrected chi connectivity index (χ1v) is 6.55. The van der Waals surface area contributed by atoms with E-state index in [2.05, 4.69) is 14.7 Å². The molecule has 3 N–H and O–H groups in total.